The van der Waals surface area contributed by atoms with Crippen molar-refractivity contribution < 1.29 is 49.9 Å². The molecule has 7 heteroatoms. The fourth-order valence-electron chi connectivity index (χ4n) is 0. The Morgan fingerprint density at radius 3 is 0.571 bits per heavy atom. The van der Waals surface area contributed by atoms with Gasteiger partial charge in [0.05, 0.1) is 0 Å². The van der Waals surface area contributed by atoms with Crippen LogP contribution in [0, 0.1) is 0 Å². The van der Waals surface area contributed by atoms with Crippen LogP contribution >= 0.6 is 0 Å². The second-order valence-corrected chi connectivity index (χ2v) is 0. The Morgan fingerprint density at radius 2 is 0.571 bits per heavy atom. The van der Waals surface area contributed by atoms with Crippen molar-refractivity contribution in [3.8, 4) is 0 Å². The fourth-order valence-corrected chi connectivity index (χ4v) is 0. The molecule has 38 valence electrons. The minimum Gasteiger partial charge on any atom is 0 e. The first-order valence-electron chi connectivity index (χ1n) is 0. The summed E-state index contributed by atoms with van der Waals surface area (Å²) in [6.07, 6.45) is 0. The van der Waals surface area contributed by atoms with E-state index in [1.807, 2.05) is 0 Å². The van der Waals surface area contributed by atoms with Crippen LogP contribution in [-0.2, 0) is 39.0 Å². The Balaban J connectivity index is 0. The molecule has 0 amide bonds. The van der Waals surface area contributed by atoms with E-state index in [9.17, 15) is 0 Å². The molecule has 0 aromatic heterocycles. The summed E-state index contributed by atoms with van der Waals surface area (Å²) in [5.74, 6) is 0. The van der Waals surface area contributed by atoms with Crippen molar-refractivity contribution in [1.29, 1.82) is 0 Å². The van der Waals surface area contributed by atoms with Gasteiger partial charge in [-0.3, -0.25) is 0 Å². The van der Waals surface area contributed by atoms with Gasteiger partial charge in [0.25, 0.3) is 0 Å². The van der Waals surface area contributed by atoms with Crippen molar-refractivity contribution in [1.82, 2.24) is 0 Å². The first-order chi connectivity index (χ1) is 0. The van der Waals surface area contributed by atoms with Gasteiger partial charge in [-0.1, -0.05) is 0 Å². The van der Waals surface area contributed by atoms with Gasteiger partial charge in [-0.25, -0.2) is 0 Å². The Hall–Kier alpha value is 3.54. The number of rotatable bonds is 0. The van der Waals surface area contributed by atoms with Crippen molar-refractivity contribution >= 4 is 71.5 Å². The summed E-state index contributed by atoms with van der Waals surface area (Å²) in [7, 11) is 0. The third-order valence-electron chi connectivity index (χ3n) is 0. The molecule has 0 saturated carbocycles. The zero-order valence-corrected chi connectivity index (χ0v) is 8.35. The van der Waals surface area contributed by atoms with Gasteiger partial charge in [-0.2, -0.15) is 0 Å². The SMILES string of the molecule is O.O.[GaH3].[InH3].[InH3].[Zn].[Zn]. The standard InChI is InChI=1S/Ga.2In.2H2O.2Zn.9H/h;;;2*1H2;;;;;;;;;;;. The van der Waals surface area contributed by atoms with Crippen LogP contribution in [0.3, 0.4) is 0 Å². The molecule has 4 N–H and O–H groups in total. The topological polar surface area (TPSA) is 63.0 Å². The summed E-state index contributed by atoms with van der Waals surface area (Å²) in [4.78, 5) is 0. The van der Waals surface area contributed by atoms with E-state index in [1.54, 1.807) is 0 Å². The first kappa shape index (κ1) is 76.5. The van der Waals surface area contributed by atoms with Crippen LogP contribution in [0.25, 0.3) is 0 Å². The van der Waals surface area contributed by atoms with E-state index in [2.05, 4.69) is 0 Å². The van der Waals surface area contributed by atoms with Gasteiger partial charge < -0.3 is 11.0 Å². The first-order valence-corrected chi connectivity index (χ1v) is 0. The number of hydrogen-bond donors (Lipinski definition) is 0. The van der Waals surface area contributed by atoms with Gasteiger partial charge in [0.15, 0.2) is 0 Å². The zero-order valence-electron chi connectivity index (χ0n) is 2.41. The summed E-state index contributed by atoms with van der Waals surface area (Å²) in [6, 6.07) is 0. The minimum absolute atomic E-state index is 0. The van der Waals surface area contributed by atoms with Gasteiger partial charge in [0.2, 0.25) is 0 Å². The second-order valence-electron chi connectivity index (χ2n) is 0. The third kappa shape index (κ3) is 43.3. The average molecular weight is 475 g/mol. The van der Waals surface area contributed by atoms with E-state index in [4.69, 9.17) is 0 Å². The Bertz CT molecular complexity index is 13.7. The fraction of sp³-hybridized carbons (Fsp3) is 0. The number of hydrogen-bond acceptors (Lipinski definition) is 0. The maximum atomic E-state index is 0. The molecule has 0 aliphatic carbocycles. The summed E-state index contributed by atoms with van der Waals surface area (Å²) in [5.41, 5.74) is 0. The Labute approximate surface area is 119 Å². The molecular weight excluding hydrogens is 462 g/mol. The van der Waals surface area contributed by atoms with Gasteiger partial charge >= 0.3 is 71.5 Å². The van der Waals surface area contributed by atoms with E-state index in [-0.39, 0.29) is 121 Å². The van der Waals surface area contributed by atoms with Crippen LogP contribution in [0.2, 0.25) is 0 Å². The van der Waals surface area contributed by atoms with Crippen molar-refractivity contribution in [3.63, 3.8) is 0 Å². The minimum atomic E-state index is 0. The summed E-state index contributed by atoms with van der Waals surface area (Å²) < 4.78 is 0. The molecule has 0 heterocycles. The molecule has 0 saturated heterocycles. The molecule has 0 spiro atoms. The predicted octanol–water partition coefficient (Wildman–Crippen LogP) is -5.21. The molecule has 0 atom stereocenters. The van der Waals surface area contributed by atoms with E-state index in [0.29, 0.717) is 0 Å². The maximum absolute atomic E-state index is 0. The van der Waals surface area contributed by atoms with Crippen molar-refractivity contribution in [2.75, 3.05) is 0 Å². The van der Waals surface area contributed by atoms with E-state index >= 15 is 0 Å². The second kappa shape index (κ2) is 55.5. The van der Waals surface area contributed by atoms with Gasteiger partial charge in [-0.15, -0.1) is 0 Å². The van der Waals surface area contributed by atoms with Crippen LogP contribution < -0.4 is 0 Å². The van der Waals surface area contributed by atoms with Crippen molar-refractivity contribution in [2.45, 2.75) is 0 Å². The van der Waals surface area contributed by atoms with Crippen LogP contribution in [-0.4, -0.2) is 82.4 Å². The molecule has 0 aromatic rings. The smallest absolute Gasteiger partial charge is 0 e. The monoisotopic (exact) mass is 472 g/mol. The van der Waals surface area contributed by atoms with Crippen LogP contribution in [0.4, 0.5) is 0 Å². The quantitative estimate of drug-likeness (QED) is 0.315. The molecule has 0 radical (unpaired) electrons. The molecule has 0 aliphatic heterocycles. The van der Waals surface area contributed by atoms with Gasteiger partial charge in [0, 0.05) is 39.0 Å². The Kier molecular flexibility index (Phi) is 606. The maximum Gasteiger partial charge on any atom is 0 e. The van der Waals surface area contributed by atoms with Gasteiger partial charge in [0.1, 0.15) is 0 Å². The normalized spacial score (nSPS) is 0. The van der Waals surface area contributed by atoms with E-state index < -0.39 is 0 Å². The molecule has 0 aliphatic rings. The molecule has 0 unspecified atom stereocenters. The van der Waals surface area contributed by atoms with E-state index in [0.717, 1.165) is 0 Å². The molecule has 2 nitrogen and oxygen atoms in total. The molecule has 0 bridgehead atoms. The molecule has 0 aromatic carbocycles. The third-order valence-corrected chi connectivity index (χ3v) is 0. The molecule has 0 fully saturated rings. The summed E-state index contributed by atoms with van der Waals surface area (Å²) in [5, 5.41) is 0. The largest absolute Gasteiger partial charge is 0 e. The summed E-state index contributed by atoms with van der Waals surface area (Å²) in [6.45, 7) is 0. The zero-order chi connectivity index (χ0) is 0. The predicted molar refractivity (Wildman–Crippen MR) is 37.0 cm³/mol. The Morgan fingerprint density at radius 1 is 0.571 bits per heavy atom. The summed E-state index contributed by atoms with van der Waals surface area (Å²) >= 11 is 0. The molecule has 0 rings (SSSR count). The van der Waals surface area contributed by atoms with E-state index in [1.165, 1.54) is 0 Å². The molecule has 7 heavy (non-hydrogen) atoms. The van der Waals surface area contributed by atoms with Crippen LogP contribution in [0.15, 0.2) is 0 Å². The van der Waals surface area contributed by atoms with Crippen molar-refractivity contribution in [3.05, 3.63) is 0 Å². The van der Waals surface area contributed by atoms with Crippen molar-refractivity contribution in [2.24, 2.45) is 0 Å². The average Bonchev–Trinajstić information content (AvgIpc) is 0. The van der Waals surface area contributed by atoms with Crippen LogP contribution in [0.5, 0.6) is 0 Å². The molecular formula is H13GaIn2O2Zn2. The van der Waals surface area contributed by atoms with Gasteiger partial charge in [-0.05, 0) is 0 Å². The van der Waals surface area contributed by atoms with Crippen LogP contribution in [0.1, 0.15) is 0 Å².